The van der Waals surface area contributed by atoms with Gasteiger partial charge >= 0.3 is 5.97 Å². The van der Waals surface area contributed by atoms with Crippen molar-refractivity contribution >= 4 is 17.1 Å². The minimum absolute atomic E-state index is 0.101. The zero-order chi connectivity index (χ0) is 17.3. The van der Waals surface area contributed by atoms with E-state index in [2.05, 4.69) is 0 Å². The molecule has 0 aliphatic rings. The topological polar surface area (TPSA) is 104 Å². The number of rotatable bonds is 17. The molecule has 0 saturated carbocycles. The molecule has 0 amide bonds. The van der Waals surface area contributed by atoms with Crippen LogP contribution in [-0.4, -0.2) is 38.6 Å². The molecule has 7 heteroatoms. The van der Waals surface area contributed by atoms with E-state index in [1.165, 1.54) is 38.5 Å². The number of nitro groups is 1. The molecule has 0 spiro atoms. The number of carboxylic acids is 1. The van der Waals surface area contributed by atoms with Crippen molar-refractivity contribution in [3.05, 3.63) is 10.1 Å². The lowest BCUT2D eigenvalue weighted by Crippen LogP contribution is -2.18. The van der Waals surface area contributed by atoms with Crippen molar-refractivity contribution in [1.82, 2.24) is 0 Å². The highest BCUT2D eigenvalue weighted by molar-refractivity contribution is 7.92. The molecule has 0 fully saturated rings. The zero-order valence-electron chi connectivity index (χ0n) is 14.0. The van der Waals surface area contributed by atoms with E-state index < -0.39 is 17.1 Å². The molecule has 1 atom stereocenters. The average molecular weight is 349 g/mol. The summed E-state index contributed by atoms with van der Waals surface area (Å²) in [5.74, 6) is -0.712. The SMILES string of the molecule is O=C(O)C[S+]([O-])CCCCCCCCCCCCCC[N+](=O)[O-]. The first-order valence-electron chi connectivity index (χ1n) is 8.71. The summed E-state index contributed by atoms with van der Waals surface area (Å²) in [6.45, 7) is 0.101. The van der Waals surface area contributed by atoms with Gasteiger partial charge in [-0.3, -0.25) is 10.1 Å². The van der Waals surface area contributed by atoms with Crippen LogP contribution in [0.15, 0.2) is 0 Å². The van der Waals surface area contributed by atoms with Crippen molar-refractivity contribution in [1.29, 1.82) is 0 Å². The van der Waals surface area contributed by atoms with E-state index in [1.807, 2.05) is 0 Å². The lowest BCUT2D eigenvalue weighted by Gasteiger charge is -2.08. The third-order valence-corrected chi connectivity index (χ3v) is 5.06. The number of unbranched alkanes of at least 4 members (excludes halogenated alkanes) is 11. The smallest absolute Gasteiger partial charge is 0.353 e. The summed E-state index contributed by atoms with van der Waals surface area (Å²) in [6.07, 6.45) is 13.0. The highest BCUT2D eigenvalue weighted by Crippen LogP contribution is 2.12. The van der Waals surface area contributed by atoms with Gasteiger partial charge in [0.25, 0.3) is 0 Å². The van der Waals surface area contributed by atoms with Crippen molar-refractivity contribution in [2.75, 3.05) is 18.1 Å². The van der Waals surface area contributed by atoms with Crippen molar-refractivity contribution in [3.63, 3.8) is 0 Å². The maximum atomic E-state index is 11.3. The summed E-state index contributed by atoms with van der Waals surface area (Å²) in [5, 5.41) is 18.6. The first-order valence-corrected chi connectivity index (χ1v) is 10.2. The molecule has 6 nitrogen and oxygen atoms in total. The van der Waals surface area contributed by atoms with Gasteiger partial charge in [0.05, 0.1) is 0 Å². The van der Waals surface area contributed by atoms with Gasteiger partial charge in [-0.1, -0.05) is 51.4 Å². The Bertz CT molecular complexity index is 315. The van der Waals surface area contributed by atoms with Crippen LogP contribution < -0.4 is 0 Å². The monoisotopic (exact) mass is 349 g/mol. The van der Waals surface area contributed by atoms with Gasteiger partial charge in [0.1, 0.15) is 5.75 Å². The van der Waals surface area contributed by atoms with Crippen molar-refractivity contribution < 1.29 is 19.4 Å². The van der Waals surface area contributed by atoms with Crippen molar-refractivity contribution in [3.8, 4) is 0 Å². The molecule has 0 aromatic carbocycles. The van der Waals surface area contributed by atoms with Crippen LogP contribution in [0.3, 0.4) is 0 Å². The number of carbonyl (C=O) groups is 1. The van der Waals surface area contributed by atoms with Gasteiger partial charge in [-0.2, -0.15) is 0 Å². The molecule has 23 heavy (non-hydrogen) atoms. The fourth-order valence-corrected chi connectivity index (χ4v) is 3.43. The second-order valence-corrected chi connectivity index (χ2v) is 7.56. The quantitative estimate of drug-likeness (QED) is 0.186. The van der Waals surface area contributed by atoms with E-state index >= 15 is 0 Å². The summed E-state index contributed by atoms with van der Waals surface area (Å²) in [6, 6.07) is 0. The van der Waals surface area contributed by atoms with E-state index in [1.54, 1.807) is 0 Å². The normalized spacial score (nSPS) is 12.2. The second-order valence-electron chi connectivity index (χ2n) is 5.98. The van der Waals surface area contributed by atoms with Gasteiger partial charge in [0.2, 0.25) is 12.3 Å². The van der Waals surface area contributed by atoms with Gasteiger partial charge in [-0.25, -0.2) is 4.79 Å². The standard InChI is InChI=1S/C16H31NO5S/c18-16(19)15-23(22)14-12-10-8-6-4-2-1-3-5-7-9-11-13-17(20)21/h1-15H2,(H,18,19). The average Bonchev–Trinajstić information content (AvgIpc) is 2.46. The molecule has 0 aliphatic heterocycles. The molecular weight excluding hydrogens is 318 g/mol. The van der Waals surface area contributed by atoms with Gasteiger partial charge in [-0.05, 0) is 30.4 Å². The molecule has 136 valence electrons. The molecule has 0 radical (unpaired) electrons. The third-order valence-electron chi connectivity index (χ3n) is 3.75. The maximum absolute atomic E-state index is 11.3. The first-order chi connectivity index (χ1) is 11.0. The molecule has 0 rings (SSSR count). The Morgan fingerprint density at radius 2 is 1.22 bits per heavy atom. The van der Waals surface area contributed by atoms with Gasteiger partial charge in [-0.15, -0.1) is 0 Å². The Kier molecular flexibility index (Phi) is 15.5. The van der Waals surface area contributed by atoms with E-state index in [0.29, 0.717) is 12.2 Å². The molecule has 1 N–H and O–H groups in total. The molecular formula is C16H31NO5S. The summed E-state index contributed by atoms with van der Waals surface area (Å²) in [7, 11) is 0. The second kappa shape index (κ2) is 16.1. The molecule has 0 heterocycles. The Hall–Kier alpha value is -0.820. The van der Waals surface area contributed by atoms with E-state index in [-0.39, 0.29) is 17.2 Å². The maximum Gasteiger partial charge on any atom is 0.353 e. The van der Waals surface area contributed by atoms with Crippen LogP contribution in [0.4, 0.5) is 0 Å². The van der Waals surface area contributed by atoms with Crippen LogP contribution in [0.2, 0.25) is 0 Å². The van der Waals surface area contributed by atoms with E-state index in [4.69, 9.17) is 5.11 Å². The number of hydrogen-bond donors (Lipinski definition) is 1. The van der Waals surface area contributed by atoms with Crippen LogP contribution >= 0.6 is 0 Å². The van der Waals surface area contributed by atoms with Crippen molar-refractivity contribution in [2.45, 2.75) is 77.0 Å². The number of carboxylic acid groups (broad SMARTS) is 1. The zero-order valence-corrected chi connectivity index (χ0v) is 14.9. The summed E-state index contributed by atoms with van der Waals surface area (Å²) in [4.78, 5) is 20.2. The molecule has 1 unspecified atom stereocenters. The van der Waals surface area contributed by atoms with Crippen LogP contribution in [0.5, 0.6) is 0 Å². The third kappa shape index (κ3) is 19.1. The van der Waals surface area contributed by atoms with E-state index in [9.17, 15) is 19.5 Å². The van der Waals surface area contributed by atoms with Crippen LogP contribution in [0.1, 0.15) is 77.0 Å². The summed E-state index contributed by atoms with van der Waals surface area (Å²) < 4.78 is 11.3. The fraction of sp³-hybridized carbons (Fsp3) is 0.938. The number of hydrogen-bond acceptors (Lipinski definition) is 4. The van der Waals surface area contributed by atoms with Gasteiger partial charge in [0.15, 0.2) is 0 Å². The number of aliphatic carboxylic acids is 1. The Balaban J connectivity index is 3.10. The molecule has 0 bridgehead atoms. The Morgan fingerprint density at radius 3 is 1.61 bits per heavy atom. The molecule has 0 aliphatic carbocycles. The first kappa shape index (κ1) is 22.2. The van der Waals surface area contributed by atoms with Crippen LogP contribution in [-0.2, 0) is 16.0 Å². The number of nitrogens with zero attached hydrogens (tertiary/aromatic N) is 1. The predicted octanol–water partition coefficient (Wildman–Crippen LogP) is 3.78. The van der Waals surface area contributed by atoms with E-state index in [0.717, 1.165) is 32.1 Å². The fourth-order valence-electron chi connectivity index (χ4n) is 2.48. The Labute approximate surface area is 142 Å². The van der Waals surface area contributed by atoms with Gasteiger partial charge < -0.3 is 9.66 Å². The molecule has 0 saturated heterocycles. The lowest BCUT2D eigenvalue weighted by molar-refractivity contribution is -0.480. The minimum atomic E-state index is -1.21. The predicted molar refractivity (Wildman–Crippen MR) is 92.8 cm³/mol. The largest absolute Gasteiger partial charge is 0.616 e. The molecule has 0 aromatic rings. The van der Waals surface area contributed by atoms with Crippen LogP contribution in [0.25, 0.3) is 0 Å². The minimum Gasteiger partial charge on any atom is -0.616 e. The van der Waals surface area contributed by atoms with Crippen molar-refractivity contribution in [2.24, 2.45) is 0 Å². The van der Waals surface area contributed by atoms with Crippen LogP contribution in [0, 0.1) is 10.1 Å². The summed E-state index contributed by atoms with van der Waals surface area (Å²) in [5.41, 5.74) is 0. The highest BCUT2D eigenvalue weighted by Gasteiger charge is 2.10. The lowest BCUT2D eigenvalue weighted by atomic mass is 10.1. The summed E-state index contributed by atoms with van der Waals surface area (Å²) >= 11 is -1.21. The highest BCUT2D eigenvalue weighted by atomic mass is 32.2. The van der Waals surface area contributed by atoms with Gasteiger partial charge in [0, 0.05) is 11.3 Å². The Morgan fingerprint density at radius 1 is 0.826 bits per heavy atom. The molecule has 0 aromatic heterocycles.